The van der Waals surface area contributed by atoms with Crippen molar-refractivity contribution in [2.75, 3.05) is 19.5 Å². The van der Waals surface area contributed by atoms with Crippen LogP contribution in [0.25, 0.3) is 0 Å². The Morgan fingerprint density at radius 2 is 1.95 bits per heavy atom. The molecule has 5 nitrogen and oxygen atoms in total. The van der Waals surface area contributed by atoms with Crippen LogP contribution in [0.4, 0.5) is 5.69 Å². The quantitative estimate of drug-likeness (QED) is 0.678. The molecule has 1 aromatic rings. The second kappa shape index (κ2) is 5.93. The smallest absolute Gasteiger partial charge is 0.338 e. The van der Waals surface area contributed by atoms with Gasteiger partial charge in [-0.25, -0.2) is 4.79 Å². The van der Waals surface area contributed by atoms with E-state index in [0.717, 1.165) is 0 Å². The number of halogens is 1. The number of nitrogens with two attached hydrogens (primary N) is 1. The van der Waals surface area contributed by atoms with Gasteiger partial charge < -0.3 is 15.2 Å². The Balaban J connectivity index is 2.73. The van der Waals surface area contributed by atoms with Crippen LogP contribution in [0, 0.1) is 5.41 Å². The number of carbonyl (C=O) groups excluding carboxylic acids is 2. The molecule has 0 bridgehead atoms. The molecule has 0 radical (unpaired) electrons. The molecule has 0 atom stereocenters. The first-order valence-corrected chi connectivity index (χ1v) is 5.95. The van der Waals surface area contributed by atoms with Crippen molar-refractivity contribution in [1.29, 1.82) is 0 Å². The van der Waals surface area contributed by atoms with Gasteiger partial charge in [-0.15, -0.1) is 0 Å². The highest BCUT2D eigenvalue weighted by atomic mass is 35.5. The largest absolute Gasteiger partial charge is 0.469 e. The zero-order valence-electron chi connectivity index (χ0n) is 11.0. The van der Waals surface area contributed by atoms with Crippen LogP contribution in [-0.2, 0) is 14.3 Å². The zero-order valence-corrected chi connectivity index (χ0v) is 11.8. The molecule has 0 fully saturated rings. The number of carbonyl (C=O) groups is 2. The van der Waals surface area contributed by atoms with E-state index in [0.29, 0.717) is 10.7 Å². The number of hydrogen-bond donors (Lipinski definition) is 1. The summed E-state index contributed by atoms with van der Waals surface area (Å²) in [7, 11) is 1.28. The Kier molecular flexibility index (Phi) is 4.78. The van der Waals surface area contributed by atoms with Crippen LogP contribution in [0.5, 0.6) is 0 Å². The summed E-state index contributed by atoms with van der Waals surface area (Å²) in [6.07, 6.45) is 0. The fourth-order valence-electron chi connectivity index (χ4n) is 1.39. The highest BCUT2D eigenvalue weighted by Crippen LogP contribution is 2.20. The molecule has 0 aliphatic carbocycles. The molecule has 1 aromatic carbocycles. The highest BCUT2D eigenvalue weighted by molar-refractivity contribution is 6.31. The predicted molar refractivity (Wildman–Crippen MR) is 71.9 cm³/mol. The SMILES string of the molecule is COC(=O)C(C)(C)COC(=O)c1cc(N)cc(Cl)c1. The molecule has 104 valence electrons. The minimum atomic E-state index is -0.908. The van der Waals surface area contributed by atoms with Crippen LogP contribution in [0.3, 0.4) is 0 Å². The number of benzene rings is 1. The van der Waals surface area contributed by atoms with Gasteiger partial charge in [0.15, 0.2) is 0 Å². The van der Waals surface area contributed by atoms with Crippen molar-refractivity contribution >= 4 is 29.2 Å². The normalized spacial score (nSPS) is 10.9. The lowest BCUT2D eigenvalue weighted by Crippen LogP contribution is -2.31. The van der Waals surface area contributed by atoms with E-state index in [1.165, 1.54) is 25.3 Å². The van der Waals surface area contributed by atoms with Crippen molar-refractivity contribution in [3.05, 3.63) is 28.8 Å². The molecular weight excluding hydrogens is 270 g/mol. The second-order valence-corrected chi connectivity index (χ2v) is 5.16. The third-order valence-electron chi connectivity index (χ3n) is 2.46. The summed E-state index contributed by atoms with van der Waals surface area (Å²) in [5.74, 6) is -1.04. The van der Waals surface area contributed by atoms with E-state index in [-0.39, 0.29) is 12.2 Å². The van der Waals surface area contributed by atoms with E-state index in [1.54, 1.807) is 13.8 Å². The summed E-state index contributed by atoms with van der Waals surface area (Å²) in [6, 6.07) is 4.43. The summed E-state index contributed by atoms with van der Waals surface area (Å²) in [5, 5.41) is 0.346. The molecule has 0 heterocycles. The number of anilines is 1. The lowest BCUT2D eigenvalue weighted by atomic mass is 9.95. The molecule has 0 amide bonds. The van der Waals surface area contributed by atoms with Gasteiger partial charge in [-0.3, -0.25) is 4.79 Å². The molecule has 0 aromatic heterocycles. The fraction of sp³-hybridized carbons (Fsp3) is 0.385. The molecule has 0 aliphatic heterocycles. The molecule has 1 rings (SSSR count). The molecule has 0 unspecified atom stereocenters. The standard InChI is InChI=1S/C13H16ClNO4/c1-13(2,12(17)18-3)7-19-11(16)8-4-9(14)6-10(15)5-8/h4-6H,7,15H2,1-3H3. The molecular formula is C13H16ClNO4. The number of nitrogen functional groups attached to an aromatic ring is 1. The van der Waals surface area contributed by atoms with Gasteiger partial charge in [0.2, 0.25) is 0 Å². The zero-order chi connectivity index (χ0) is 14.6. The Morgan fingerprint density at radius 3 is 2.47 bits per heavy atom. The first kappa shape index (κ1) is 15.3. The van der Waals surface area contributed by atoms with E-state index in [1.807, 2.05) is 0 Å². The van der Waals surface area contributed by atoms with Gasteiger partial charge in [0.25, 0.3) is 0 Å². The monoisotopic (exact) mass is 285 g/mol. The number of esters is 2. The summed E-state index contributed by atoms with van der Waals surface area (Å²) < 4.78 is 9.69. The minimum Gasteiger partial charge on any atom is -0.469 e. The Labute approximate surface area is 116 Å². The van der Waals surface area contributed by atoms with Crippen LogP contribution >= 0.6 is 11.6 Å². The minimum absolute atomic E-state index is 0.0923. The average Bonchev–Trinajstić information content (AvgIpc) is 2.33. The van der Waals surface area contributed by atoms with Gasteiger partial charge in [-0.05, 0) is 32.0 Å². The lowest BCUT2D eigenvalue weighted by Gasteiger charge is -2.20. The second-order valence-electron chi connectivity index (χ2n) is 4.72. The van der Waals surface area contributed by atoms with Crippen LogP contribution in [0.1, 0.15) is 24.2 Å². The molecule has 2 N–H and O–H groups in total. The third kappa shape index (κ3) is 4.13. The molecule has 0 spiro atoms. The van der Waals surface area contributed by atoms with Crippen molar-refractivity contribution in [3.63, 3.8) is 0 Å². The summed E-state index contributed by atoms with van der Waals surface area (Å²) in [4.78, 5) is 23.3. The summed E-state index contributed by atoms with van der Waals surface area (Å²) in [5.41, 5.74) is 5.28. The molecule has 0 saturated heterocycles. The molecule has 0 saturated carbocycles. The Hall–Kier alpha value is -1.75. The van der Waals surface area contributed by atoms with E-state index in [2.05, 4.69) is 4.74 Å². The van der Waals surface area contributed by atoms with Crippen molar-refractivity contribution < 1.29 is 19.1 Å². The summed E-state index contributed by atoms with van der Waals surface area (Å²) >= 11 is 5.80. The fourth-order valence-corrected chi connectivity index (χ4v) is 1.64. The van der Waals surface area contributed by atoms with Crippen molar-refractivity contribution in [2.24, 2.45) is 5.41 Å². The summed E-state index contributed by atoms with van der Waals surface area (Å²) in [6.45, 7) is 3.15. The van der Waals surface area contributed by atoms with Crippen molar-refractivity contribution in [2.45, 2.75) is 13.8 Å². The van der Waals surface area contributed by atoms with Gasteiger partial charge in [-0.1, -0.05) is 11.6 Å². The molecule has 19 heavy (non-hydrogen) atoms. The van der Waals surface area contributed by atoms with Crippen LogP contribution in [0.15, 0.2) is 18.2 Å². The first-order chi connectivity index (χ1) is 8.76. The van der Waals surface area contributed by atoms with Gasteiger partial charge in [0, 0.05) is 10.7 Å². The van der Waals surface area contributed by atoms with Crippen molar-refractivity contribution in [1.82, 2.24) is 0 Å². The van der Waals surface area contributed by atoms with Crippen LogP contribution < -0.4 is 5.73 Å². The van der Waals surface area contributed by atoms with E-state index < -0.39 is 17.4 Å². The topological polar surface area (TPSA) is 78.6 Å². The van der Waals surface area contributed by atoms with E-state index >= 15 is 0 Å². The first-order valence-electron chi connectivity index (χ1n) is 5.58. The van der Waals surface area contributed by atoms with Crippen LogP contribution in [0.2, 0.25) is 5.02 Å². The number of rotatable bonds is 4. The van der Waals surface area contributed by atoms with E-state index in [4.69, 9.17) is 22.1 Å². The van der Waals surface area contributed by atoms with Gasteiger partial charge in [0.1, 0.15) is 6.61 Å². The maximum absolute atomic E-state index is 11.8. The maximum atomic E-state index is 11.8. The van der Waals surface area contributed by atoms with Gasteiger partial charge in [0.05, 0.1) is 18.1 Å². The van der Waals surface area contributed by atoms with Crippen molar-refractivity contribution in [3.8, 4) is 0 Å². The third-order valence-corrected chi connectivity index (χ3v) is 2.68. The van der Waals surface area contributed by atoms with E-state index in [9.17, 15) is 9.59 Å². The van der Waals surface area contributed by atoms with Gasteiger partial charge >= 0.3 is 11.9 Å². The maximum Gasteiger partial charge on any atom is 0.338 e. The predicted octanol–water partition coefficient (Wildman–Crippen LogP) is 2.28. The van der Waals surface area contributed by atoms with Gasteiger partial charge in [-0.2, -0.15) is 0 Å². The number of ether oxygens (including phenoxy) is 2. The average molecular weight is 286 g/mol. The lowest BCUT2D eigenvalue weighted by molar-refractivity contribution is -0.152. The molecule has 0 aliphatic rings. The number of methoxy groups -OCH3 is 1. The van der Waals surface area contributed by atoms with Crippen LogP contribution in [-0.4, -0.2) is 25.7 Å². The Morgan fingerprint density at radius 1 is 1.32 bits per heavy atom. The highest BCUT2D eigenvalue weighted by Gasteiger charge is 2.30. The Bertz CT molecular complexity index is 479. The number of hydrogen-bond acceptors (Lipinski definition) is 5. The molecule has 6 heteroatoms.